The summed E-state index contributed by atoms with van der Waals surface area (Å²) >= 11 is 1.47. The number of amides is 1. The van der Waals surface area contributed by atoms with Crippen molar-refractivity contribution in [2.45, 2.75) is 13.0 Å². The standard InChI is InChI=1S/C25H22N2O2S/c1-3-15-27-22-14-13-21(29-2)17-23(22)30-25(27)26-24(28)20-11-9-19(10-12-20)16-18-7-5-4-6-8-18/h3-14,17H,1,15-16H2,2H3. The monoisotopic (exact) mass is 414 g/mol. The van der Waals surface area contributed by atoms with Crippen LogP contribution in [0, 0.1) is 0 Å². The van der Waals surface area contributed by atoms with E-state index >= 15 is 0 Å². The van der Waals surface area contributed by atoms with E-state index in [9.17, 15) is 4.79 Å². The van der Waals surface area contributed by atoms with Gasteiger partial charge in [-0.2, -0.15) is 4.99 Å². The Labute approximate surface area is 179 Å². The molecule has 0 aliphatic heterocycles. The lowest BCUT2D eigenvalue weighted by molar-refractivity contribution is 0.0998. The highest BCUT2D eigenvalue weighted by molar-refractivity contribution is 7.16. The van der Waals surface area contributed by atoms with Crippen LogP contribution in [-0.4, -0.2) is 17.6 Å². The third kappa shape index (κ3) is 4.26. The Morgan fingerprint density at radius 2 is 1.80 bits per heavy atom. The van der Waals surface area contributed by atoms with Gasteiger partial charge in [0.15, 0.2) is 4.80 Å². The summed E-state index contributed by atoms with van der Waals surface area (Å²) in [6.45, 7) is 4.41. The van der Waals surface area contributed by atoms with Crippen molar-refractivity contribution in [3.8, 4) is 5.75 Å². The number of rotatable bonds is 6. The van der Waals surface area contributed by atoms with Gasteiger partial charge in [-0.3, -0.25) is 4.79 Å². The van der Waals surface area contributed by atoms with Gasteiger partial charge in [0.1, 0.15) is 5.75 Å². The first kappa shape index (κ1) is 19.9. The first-order valence-corrected chi connectivity index (χ1v) is 10.5. The van der Waals surface area contributed by atoms with Gasteiger partial charge in [0, 0.05) is 12.1 Å². The van der Waals surface area contributed by atoms with E-state index in [4.69, 9.17) is 4.74 Å². The predicted molar refractivity (Wildman–Crippen MR) is 122 cm³/mol. The zero-order valence-electron chi connectivity index (χ0n) is 16.7. The maximum Gasteiger partial charge on any atom is 0.279 e. The number of aromatic nitrogens is 1. The molecule has 0 saturated heterocycles. The van der Waals surface area contributed by atoms with Gasteiger partial charge in [0.25, 0.3) is 5.91 Å². The van der Waals surface area contributed by atoms with E-state index in [1.807, 2.05) is 65.2 Å². The molecule has 0 bridgehead atoms. The van der Waals surface area contributed by atoms with Crippen molar-refractivity contribution in [2.75, 3.05) is 7.11 Å². The average Bonchev–Trinajstić information content (AvgIpc) is 3.11. The van der Waals surface area contributed by atoms with Gasteiger partial charge < -0.3 is 9.30 Å². The molecule has 0 atom stereocenters. The fraction of sp³-hybridized carbons (Fsp3) is 0.120. The van der Waals surface area contributed by atoms with E-state index < -0.39 is 0 Å². The lowest BCUT2D eigenvalue weighted by atomic mass is 10.0. The predicted octanol–water partition coefficient (Wildman–Crippen LogP) is 5.23. The molecule has 0 spiro atoms. The van der Waals surface area contributed by atoms with Gasteiger partial charge in [-0.25, -0.2) is 0 Å². The smallest absolute Gasteiger partial charge is 0.279 e. The van der Waals surface area contributed by atoms with Crippen molar-refractivity contribution in [2.24, 2.45) is 4.99 Å². The molecule has 0 aliphatic rings. The van der Waals surface area contributed by atoms with Gasteiger partial charge in [0.05, 0.1) is 17.3 Å². The molecule has 4 nitrogen and oxygen atoms in total. The topological polar surface area (TPSA) is 43.6 Å². The second-order valence-corrected chi connectivity index (χ2v) is 7.90. The molecule has 3 aromatic carbocycles. The first-order valence-electron chi connectivity index (χ1n) is 9.68. The summed E-state index contributed by atoms with van der Waals surface area (Å²) in [7, 11) is 1.64. The molecular formula is C25H22N2O2S. The number of carbonyl (C=O) groups is 1. The Kier molecular flexibility index (Phi) is 5.91. The van der Waals surface area contributed by atoms with Crippen LogP contribution in [0.3, 0.4) is 0 Å². The summed E-state index contributed by atoms with van der Waals surface area (Å²) in [6, 6.07) is 23.8. The number of methoxy groups -OCH3 is 1. The number of allylic oxidation sites excluding steroid dienone is 1. The van der Waals surface area contributed by atoms with Crippen LogP contribution in [-0.2, 0) is 13.0 Å². The molecule has 0 unspecified atom stereocenters. The summed E-state index contributed by atoms with van der Waals surface area (Å²) in [4.78, 5) is 17.9. The van der Waals surface area contributed by atoms with Crippen LogP contribution in [0.4, 0.5) is 0 Å². The van der Waals surface area contributed by atoms with Crippen molar-refractivity contribution >= 4 is 27.5 Å². The van der Waals surface area contributed by atoms with Crippen LogP contribution in [0.25, 0.3) is 10.2 Å². The Morgan fingerprint density at radius 1 is 1.07 bits per heavy atom. The molecule has 4 rings (SSSR count). The van der Waals surface area contributed by atoms with Gasteiger partial charge in [-0.1, -0.05) is 59.9 Å². The maximum atomic E-state index is 12.8. The van der Waals surface area contributed by atoms with Crippen molar-refractivity contribution in [3.05, 3.63) is 107 Å². The SMILES string of the molecule is C=CCn1c(=NC(=O)c2ccc(Cc3ccccc3)cc2)sc2cc(OC)ccc21. The minimum Gasteiger partial charge on any atom is -0.497 e. The summed E-state index contributed by atoms with van der Waals surface area (Å²) in [5, 5.41) is 0. The largest absolute Gasteiger partial charge is 0.497 e. The highest BCUT2D eigenvalue weighted by Gasteiger charge is 2.10. The fourth-order valence-electron chi connectivity index (χ4n) is 3.32. The number of thiazole rings is 1. The van der Waals surface area contributed by atoms with Crippen molar-refractivity contribution in [1.82, 2.24) is 4.57 Å². The minimum atomic E-state index is -0.252. The Balaban J connectivity index is 1.64. The van der Waals surface area contributed by atoms with Gasteiger partial charge in [0.2, 0.25) is 0 Å². The Hall–Kier alpha value is -3.44. The molecule has 0 N–H and O–H groups in total. The summed E-state index contributed by atoms with van der Waals surface area (Å²) < 4.78 is 8.32. The minimum absolute atomic E-state index is 0.252. The van der Waals surface area contributed by atoms with Crippen LogP contribution < -0.4 is 9.54 Å². The summed E-state index contributed by atoms with van der Waals surface area (Å²) in [5.41, 5.74) is 3.98. The second kappa shape index (κ2) is 8.93. The number of carbonyl (C=O) groups excluding carboxylic acids is 1. The molecule has 1 aromatic heterocycles. The molecule has 1 heterocycles. The van der Waals surface area contributed by atoms with Gasteiger partial charge >= 0.3 is 0 Å². The van der Waals surface area contributed by atoms with E-state index in [1.54, 1.807) is 13.2 Å². The molecule has 1 amide bonds. The quantitative estimate of drug-likeness (QED) is 0.406. The molecule has 0 radical (unpaired) electrons. The number of benzene rings is 3. The Bertz CT molecular complexity index is 1250. The van der Waals surface area contributed by atoms with E-state index in [2.05, 4.69) is 23.7 Å². The molecule has 0 fully saturated rings. The lowest BCUT2D eigenvalue weighted by Gasteiger charge is -2.03. The highest BCUT2D eigenvalue weighted by atomic mass is 32.1. The average molecular weight is 415 g/mol. The zero-order chi connectivity index (χ0) is 20.9. The van der Waals surface area contributed by atoms with Crippen LogP contribution in [0.15, 0.2) is 90.4 Å². The second-order valence-electron chi connectivity index (χ2n) is 6.89. The number of hydrogen-bond acceptors (Lipinski definition) is 3. The molecule has 5 heteroatoms. The highest BCUT2D eigenvalue weighted by Crippen LogP contribution is 2.23. The number of fused-ring (bicyclic) bond motifs is 1. The van der Waals surface area contributed by atoms with Gasteiger partial charge in [-0.05, 0) is 47.9 Å². The van der Waals surface area contributed by atoms with Crippen LogP contribution in [0.2, 0.25) is 0 Å². The number of nitrogens with zero attached hydrogens (tertiary/aromatic N) is 2. The van der Waals surface area contributed by atoms with E-state index in [0.29, 0.717) is 16.9 Å². The summed E-state index contributed by atoms with van der Waals surface area (Å²) in [5.74, 6) is 0.527. The first-order chi connectivity index (χ1) is 14.7. The number of hydrogen-bond donors (Lipinski definition) is 0. The molecule has 4 aromatic rings. The maximum absolute atomic E-state index is 12.8. The van der Waals surface area contributed by atoms with Crippen LogP contribution in [0.5, 0.6) is 5.75 Å². The molecule has 0 saturated carbocycles. The molecule has 150 valence electrons. The normalized spacial score (nSPS) is 11.6. The molecule has 30 heavy (non-hydrogen) atoms. The van der Waals surface area contributed by atoms with Crippen molar-refractivity contribution in [1.29, 1.82) is 0 Å². The summed E-state index contributed by atoms with van der Waals surface area (Å²) in [6.07, 6.45) is 2.64. The van der Waals surface area contributed by atoms with Crippen LogP contribution in [0.1, 0.15) is 21.5 Å². The van der Waals surface area contributed by atoms with E-state index in [-0.39, 0.29) is 5.91 Å². The Morgan fingerprint density at radius 3 is 2.50 bits per heavy atom. The zero-order valence-corrected chi connectivity index (χ0v) is 17.6. The van der Waals surface area contributed by atoms with E-state index in [0.717, 1.165) is 28.0 Å². The lowest BCUT2D eigenvalue weighted by Crippen LogP contribution is -2.16. The van der Waals surface area contributed by atoms with Crippen LogP contribution >= 0.6 is 11.3 Å². The number of ether oxygens (including phenoxy) is 1. The van der Waals surface area contributed by atoms with Crippen molar-refractivity contribution in [3.63, 3.8) is 0 Å². The van der Waals surface area contributed by atoms with Crippen molar-refractivity contribution < 1.29 is 9.53 Å². The fourth-order valence-corrected chi connectivity index (χ4v) is 4.39. The van der Waals surface area contributed by atoms with E-state index in [1.165, 1.54) is 16.9 Å². The van der Waals surface area contributed by atoms with Gasteiger partial charge in [-0.15, -0.1) is 6.58 Å². The third-order valence-electron chi connectivity index (χ3n) is 4.85. The third-order valence-corrected chi connectivity index (χ3v) is 5.89. The molecular weight excluding hydrogens is 392 g/mol. The molecule has 0 aliphatic carbocycles.